The molecule has 116 valence electrons. The summed E-state index contributed by atoms with van der Waals surface area (Å²) in [6, 6.07) is 7.27. The van der Waals surface area contributed by atoms with E-state index in [1.807, 2.05) is 12.1 Å². The largest absolute Gasteiger partial charge is 0.341 e. The second-order valence-corrected chi connectivity index (χ2v) is 6.48. The number of anilines is 3. The Labute approximate surface area is 140 Å². The number of halogens is 2. The highest BCUT2D eigenvalue weighted by Gasteiger charge is 2.18. The minimum Gasteiger partial charge on any atom is -0.341 e. The van der Waals surface area contributed by atoms with Crippen molar-refractivity contribution in [2.24, 2.45) is 5.92 Å². The summed E-state index contributed by atoms with van der Waals surface area (Å²) in [4.78, 5) is 11.2. The molecule has 0 unspecified atom stereocenters. The number of piperidine rings is 1. The van der Waals surface area contributed by atoms with Crippen LogP contribution in [0.25, 0.3) is 0 Å². The van der Waals surface area contributed by atoms with Crippen molar-refractivity contribution >= 4 is 40.7 Å². The Morgan fingerprint density at radius 1 is 1.14 bits per heavy atom. The van der Waals surface area contributed by atoms with Gasteiger partial charge in [0.2, 0.25) is 5.95 Å². The Morgan fingerprint density at radius 2 is 1.91 bits per heavy atom. The van der Waals surface area contributed by atoms with Crippen LogP contribution in [-0.2, 0) is 0 Å². The molecular weight excluding hydrogens is 319 g/mol. The van der Waals surface area contributed by atoms with Crippen LogP contribution in [-0.4, -0.2) is 23.1 Å². The molecule has 1 aliphatic heterocycles. The molecule has 0 amide bonds. The highest BCUT2D eigenvalue weighted by Crippen LogP contribution is 2.27. The number of hydrogen-bond acceptors (Lipinski definition) is 4. The summed E-state index contributed by atoms with van der Waals surface area (Å²) in [5.41, 5.74) is 0.853. The van der Waals surface area contributed by atoms with Crippen molar-refractivity contribution < 1.29 is 0 Å². The summed E-state index contributed by atoms with van der Waals surface area (Å²) < 4.78 is 0. The zero-order valence-electron chi connectivity index (χ0n) is 12.4. The molecule has 0 saturated carbocycles. The van der Waals surface area contributed by atoms with Gasteiger partial charge in [-0.1, -0.05) is 30.1 Å². The normalized spacial score (nSPS) is 15.9. The van der Waals surface area contributed by atoms with Gasteiger partial charge in [0.15, 0.2) is 0 Å². The minimum absolute atomic E-state index is 0.519. The van der Waals surface area contributed by atoms with E-state index in [0.29, 0.717) is 10.0 Å². The van der Waals surface area contributed by atoms with E-state index in [1.54, 1.807) is 18.3 Å². The summed E-state index contributed by atoms with van der Waals surface area (Å²) >= 11 is 12.0. The van der Waals surface area contributed by atoms with Gasteiger partial charge in [-0.15, -0.1) is 0 Å². The van der Waals surface area contributed by atoms with Crippen molar-refractivity contribution in [3.8, 4) is 0 Å². The minimum atomic E-state index is 0.519. The van der Waals surface area contributed by atoms with E-state index in [9.17, 15) is 0 Å². The lowest BCUT2D eigenvalue weighted by molar-refractivity contribution is 0.434. The summed E-state index contributed by atoms with van der Waals surface area (Å²) in [5.74, 6) is 2.31. The van der Waals surface area contributed by atoms with Crippen LogP contribution in [0.5, 0.6) is 0 Å². The van der Waals surface area contributed by atoms with E-state index in [1.165, 1.54) is 12.8 Å². The SMILES string of the molecule is CC1CCN(c2nccc(Nc3ccc(Cl)c(Cl)c3)n2)CC1. The van der Waals surface area contributed by atoms with Gasteiger partial charge >= 0.3 is 0 Å². The molecule has 1 N–H and O–H groups in total. The first-order valence-corrected chi connectivity index (χ1v) is 8.17. The van der Waals surface area contributed by atoms with E-state index in [4.69, 9.17) is 23.2 Å². The second kappa shape index (κ2) is 6.71. The van der Waals surface area contributed by atoms with Crippen LogP contribution in [0.4, 0.5) is 17.5 Å². The fourth-order valence-electron chi connectivity index (χ4n) is 2.50. The van der Waals surface area contributed by atoms with Gasteiger partial charge in [0, 0.05) is 25.0 Å². The Bertz CT molecular complexity index is 654. The first-order valence-electron chi connectivity index (χ1n) is 7.42. The molecule has 1 aromatic heterocycles. The Kier molecular flexibility index (Phi) is 4.69. The van der Waals surface area contributed by atoms with Crippen LogP contribution >= 0.6 is 23.2 Å². The summed E-state index contributed by atoms with van der Waals surface area (Å²) in [6.07, 6.45) is 4.15. The molecule has 0 radical (unpaired) electrons. The molecule has 1 fully saturated rings. The quantitative estimate of drug-likeness (QED) is 0.876. The standard InChI is InChI=1S/C16H18Cl2N4/c1-11-5-8-22(9-6-11)16-19-7-4-15(21-16)20-12-2-3-13(17)14(18)10-12/h2-4,7,10-11H,5-6,8-9H2,1H3,(H,19,20,21). The highest BCUT2D eigenvalue weighted by atomic mass is 35.5. The monoisotopic (exact) mass is 336 g/mol. The average molecular weight is 337 g/mol. The lowest BCUT2D eigenvalue weighted by atomic mass is 10.00. The lowest BCUT2D eigenvalue weighted by Crippen LogP contribution is -2.34. The highest BCUT2D eigenvalue weighted by molar-refractivity contribution is 6.42. The number of benzene rings is 1. The average Bonchev–Trinajstić information content (AvgIpc) is 2.52. The lowest BCUT2D eigenvalue weighted by Gasteiger charge is -2.30. The third-order valence-corrected chi connectivity index (χ3v) is 4.64. The zero-order valence-corrected chi connectivity index (χ0v) is 13.9. The van der Waals surface area contributed by atoms with Crippen molar-refractivity contribution in [3.05, 3.63) is 40.5 Å². The Balaban J connectivity index is 1.74. The molecular formula is C16H18Cl2N4. The molecule has 1 aliphatic rings. The maximum Gasteiger partial charge on any atom is 0.227 e. The molecule has 0 atom stereocenters. The van der Waals surface area contributed by atoms with E-state index < -0.39 is 0 Å². The fraction of sp³-hybridized carbons (Fsp3) is 0.375. The first kappa shape index (κ1) is 15.4. The summed E-state index contributed by atoms with van der Waals surface area (Å²) in [7, 11) is 0. The number of rotatable bonds is 3. The molecule has 0 aliphatic carbocycles. The van der Waals surface area contributed by atoms with Gasteiger partial charge in [-0.25, -0.2) is 4.98 Å². The van der Waals surface area contributed by atoms with Crippen LogP contribution in [0.15, 0.2) is 30.5 Å². The van der Waals surface area contributed by atoms with Crippen LogP contribution in [0.2, 0.25) is 10.0 Å². The molecule has 0 bridgehead atoms. The zero-order chi connectivity index (χ0) is 15.5. The van der Waals surface area contributed by atoms with Crippen molar-refractivity contribution in [2.45, 2.75) is 19.8 Å². The van der Waals surface area contributed by atoms with Crippen molar-refractivity contribution in [3.63, 3.8) is 0 Å². The van der Waals surface area contributed by atoms with Crippen LogP contribution in [0, 0.1) is 5.92 Å². The van der Waals surface area contributed by atoms with Crippen LogP contribution in [0.3, 0.4) is 0 Å². The fourth-order valence-corrected chi connectivity index (χ4v) is 2.80. The van der Waals surface area contributed by atoms with Crippen LogP contribution in [0.1, 0.15) is 19.8 Å². The molecule has 6 heteroatoms. The third-order valence-electron chi connectivity index (χ3n) is 3.90. The molecule has 0 spiro atoms. The van der Waals surface area contributed by atoms with E-state index in [2.05, 4.69) is 27.1 Å². The number of nitrogens with zero attached hydrogens (tertiary/aromatic N) is 3. The van der Waals surface area contributed by atoms with E-state index >= 15 is 0 Å². The molecule has 3 rings (SSSR count). The van der Waals surface area contributed by atoms with E-state index in [0.717, 1.165) is 36.5 Å². The molecule has 2 heterocycles. The van der Waals surface area contributed by atoms with Gasteiger partial charge in [-0.05, 0) is 43.0 Å². The van der Waals surface area contributed by atoms with Gasteiger partial charge in [0.05, 0.1) is 10.0 Å². The maximum atomic E-state index is 6.03. The maximum absolute atomic E-state index is 6.03. The Morgan fingerprint density at radius 3 is 2.64 bits per heavy atom. The molecule has 4 nitrogen and oxygen atoms in total. The second-order valence-electron chi connectivity index (χ2n) is 5.67. The molecule has 1 saturated heterocycles. The van der Waals surface area contributed by atoms with Gasteiger partial charge in [-0.2, -0.15) is 4.98 Å². The van der Waals surface area contributed by atoms with Crippen molar-refractivity contribution in [1.82, 2.24) is 9.97 Å². The smallest absolute Gasteiger partial charge is 0.227 e. The van der Waals surface area contributed by atoms with Gasteiger partial charge in [0.1, 0.15) is 5.82 Å². The Hall–Kier alpha value is -1.52. The molecule has 2 aromatic rings. The van der Waals surface area contributed by atoms with Crippen molar-refractivity contribution in [2.75, 3.05) is 23.3 Å². The van der Waals surface area contributed by atoms with Gasteiger partial charge in [-0.3, -0.25) is 0 Å². The van der Waals surface area contributed by atoms with Gasteiger partial charge < -0.3 is 10.2 Å². The first-order chi connectivity index (χ1) is 10.6. The third kappa shape index (κ3) is 3.62. The van der Waals surface area contributed by atoms with Gasteiger partial charge in [0.25, 0.3) is 0 Å². The summed E-state index contributed by atoms with van der Waals surface area (Å²) in [5, 5.41) is 4.30. The number of nitrogens with one attached hydrogen (secondary N) is 1. The molecule has 1 aromatic carbocycles. The van der Waals surface area contributed by atoms with Crippen molar-refractivity contribution in [1.29, 1.82) is 0 Å². The van der Waals surface area contributed by atoms with Crippen LogP contribution < -0.4 is 10.2 Å². The topological polar surface area (TPSA) is 41.1 Å². The summed E-state index contributed by atoms with van der Waals surface area (Å²) in [6.45, 7) is 4.31. The number of aromatic nitrogens is 2. The predicted octanol–water partition coefficient (Wildman–Crippen LogP) is 4.76. The predicted molar refractivity (Wildman–Crippen MR) is 92.4 cm³/mol. The molecule has 22 heavy (non-hydrogen) atoms. The van der Waals surface area contributed by atoms with E-state index in [-0.39, 0.29) is 0 Å². The number of hydrogen-bond donors (Lipinski definition) is 1.